The molecule has 0 amide bonds. The van der Waals surface area contributed by atoms with Gasteiger partial charge in [-0.15, -0.1) is 0 Å². The molecule has 2 atom stereocenters. The second-order valence-corrected chi connectivity index (χ2v) is 4.46. The summed E-state index contributed by atoms with van der Waals surface area (Å²) in [6, 6.07) is 2.04. The zero-order valence-corrected chi connectivity index (χ0v) is 9.40. The monoisotopic (exact) mass is 234 g/mol. The number of rotatable bonds is 3. The van der Waals surface area contributed by atoms with Crippen molar-refractivity contribution in [3.8, 4) is 6.07 Å². The van der Waals surface area contributed by atoms with Crippen molar-refractivity contribution in [1.82, 2.24) is 5.32 Å². The summed E-state index contributed by atoms with van der Waals surface area (Å²) in [5.41, 5.74) is -0.964. The van der Waals surface area contributed by atoms with Crippen molar-refractivity contribution in [3.05, 3.63) is 0 Å². The minimum absolute atomic E-state index is 0.104. The van der Waals surface area contributed by atoms with Gasteiger partial charge in [0.15, 0.2) is 0 Å². The molecule has 0 bridgehead atoms. The van der Waals surface area contributed by atoms with Crippen molar-refractivity contribution < 1.29 is 13.2 Å². The first-order valence-corrected chi connectivity index (χ1v) is 5.66. The minimum atomic E-state index is -4.17. The van der Waals surface area contributed by atoms with Crippen LogP contribution in [-0.4, -0.2) is 18.3 Å². The summed E-state index contributed by atoms with van der Waals surface area (Å²) in [7, 11) is 0. The molecular weight excluding hydrogens is 217 g/mol. The van der Waals surface area contributed by atoms with E-state index in [2.05, 4.69) is 5.32 Å². The van der Waals surface area contributed by atoms with Crippen LogP contribution in [0.15, 0.2) is 0 Å². The number of hydrogen-bond donors (Lipinski definition) is 1. The molecule has 0 aromatic heterocycles. The van der Waals surface area contributed by atoms with E-state index in [9.17, 15) is 13.2 Å². The molecule has 1 saturated carbocycles. The predicted molar refractivity (Wildman–Crippen MR) is 54.7 cm³/mol. The molecule has 92 valence electrons. The first-order valence-electron chi connectivity index (χ1n) is 5.66. The van der Waals surface area contributed by atoms with Gasteiger partial charge in [-0.05, 0) is 38.6 Å². The minimum Gasteiger partial charge on any atom is -0.299 e. The number of nitriles is 1. The molecule has 1 N–H and O–H groups in total. The lowest BCUT2D eigenvalue weighted by Gasteiger charge is -2.37. The molecule has 2 unspecified atom stereocenters. The van der Waals surface area contributed by atoms with Crippen molar-refractivity contribution in [2.75, 3.05) is 6.54 Å². The molecule has 1 rings (SSSR count). The Kier molecular flexibility index (Phi) is 4.20. The van der Waals surface area contributed by atoms with Crippen LogP contribution < -0.4 is 5.32 Å². The van der Waals surface area contributed by atoms with Crippen LogP contribution in [0.1, 0.15) is 39.0 Å². The Hall–Kier alpha value is -0.760. The second-order valence-electron chi connectivity index (χ2n) is 4.46. The molecule has 0 aromatic carbocycles. The molecule has 0 saturated heterocycles. The van der Waals surface area contributed by atoms with Gasteiger partial charge in [0.1, 0.15) is 5.54 Å². The van der Waals surface area contributed by atoms with Gasteiger partial charge in [-0.25, -0.2) is 0 Å². The fourth-order valence-corrected chi connectivity index (χ4v) is 2.22. The number of alkyl halides is 3. The van der Waals surface area contributed by atoms with Crippen LogP contribution in [-0.2, 0) is 0 Å². The molecule has 0 radical (unpaired) electrons. The van der Waals surface area contributed by atoms with Crippen LogP contribution in [0.5, 0.6) is 0 Å². The molecule has 5 heteroatoms. The zero-order valence-electron chi connectivity index (χ0n) is 9.40. The van der Waals surface area contributed by atoms with E-state index >= 15 is 0 Å². The SMILES string of the molecule is CCCNC1(C#N)CCCC(C(F)(F)F)C1. The number of nitrogens with one attached hydrogen (secondary N) is 1. The van der Waals surface area contributed by atoms with E-state index in [1.165, 1.54) is 0 Å². The van der Waals surface area contributed by atoms with Gasteiger partial charge in [0.25, 0.3) is 0 Å². The highest BCUT2D eigenvalue weighted by atomic mass is 19.4. The van der Waals surface area contributed by atoms with Gasteiger partial charge in [-0.3, -0.25) is 5.32 Å². The van der Waals surface area contributed by atoms with E-state index in [0.717, 1.165) is 6.42 Å². The van der Waals surface area contributed by atoms with Gasteiger partial charge in [-0.2, -0.15) is 18.4 Å². The van der Waals surface area contributed by atoms with Gasteiger partial charge in [0, 0.05) is 0 Å². The Morgan fingerprint density at radius 2 is 2.19 bits per heavy atom. The lowest BCUT2D eigenvalue weighted by atomic mass is 9.76. The summed E-state index contributed by atoms with van der Waals surface area (Å²) >= 11 is 0. The first kappa shape index (κ1) is 13.3. The second kappa shape index (κ2) is 5.05. The highest BCUT2D eigenvalue weighted by Gasteiger charge is 2.47. The third-order valence-corrected chi connectivity index (χ3v) is 3.14. The molecule has 1 fully saturated rings. The molecule has 0 aromatic rings. The van der Waals surface area contributed by atoms with E-state index in [4.69, 9.17) is 5.26 Å². The maximum atomic E-state index is 12.6. The molecule has 0 spiro atoms. The van der Waals surface area contributed by atoms with Crippen LogP contribution in [0.3, 0.4) is 0 Å². The molecular formula is C11H17F3N2. The van der Waals surface area contributed by atoms with E-state index in [1.54, 1.807) is 0 Å². The van der Waals surface area contributed by atoms with Crippen molar-refractivity contribution in [2.45, 2.75) is 50.7 Å². The lowest BCUT2D eigenvalue weighted by Crippen LogP contribution is -2.50. The fraction of sp³-hybridized carbons (Fsp3) is 0.909. The Bertz CT molecular complexity index is 269. The van der Waals surface area contributed by atoms with E-state index in [0.29, 0.717) is 19.4 Å². The topological polar surface area (TPSA) is 35.8 Å². The van der Waals surface area contributed by atoms with Gasteiger partial charge < -0.3 is 0 Å². The average molecular weight is 234 g/mol. The third-order valence-electron chi connectivity index (χ3n) is 3.14. The standard InChI is InChI=1S/C11H17F3N2/c1-2-6-16-10(8-15)5-3-4-9(7-10)11(12,13)14/h9,16H,2-7H2,1H3. The first-order chi connectivity index (χ1) is 7.43. The van der Waals surface area contributed by atoms with Gasteiger partial charge in [0.2, 0.25) is 0 Å². The quantitative estimate of drug-likeness (QED) is 0.814. The predicted octanol–water partition coefficient (Wildman–Crippen LogP) is 3.00. The molecule has 1 aliphatic rings. The average Bonchev–Trinajstić information content (AvgIpc) is 2.25. The van der Waals surface area contributed by atoms with Crippen molar-refractivity contribution in [1.29, 1.82) is 5.26 Å². The summed E-state index contributed by atoms with van der Waals surface area (Å²) in [5, 5.41) is 12.0. The summed E-state index contributed by atoms with van der Waals surface area (Å²) in [5.74, 6) is -1.33. The summed E-state index contributed by atoms with van der Waals surface area (Å²) < 4.78 is 37.8. The largest absolute Gasteiger partial charge is 0.391 e. The Labute approximate surface area is 93.8 Å². The van der Waals surface area contributed by atoms with Crippen molar-refractivity contribution in [2.24, 2.45) is 5.92 Å². The molecule has 1 aliphatic carbocycles. The highest BCUT2D eigenvalue weighted by Crippen LogP contribution is 2.41. The molecule has 0 heterocycles. The fourth-order valence-electron chi connectivity index (χ4n) is 2.22. The van der Waals surface area contributed by atoms with Gasteiger partial charge in [0.05, 0.1) is 12.0 Å². The maximum absolute atomic E-state index is 12.6. The van der Waals surface area contributed by atoms with Crippen LogP contribution >= 0.6 is 0 Å². The molecule has 2 nitrogen and oxygen atoms in total. The van der Waals surface area contributed by atoms with Crippen LogP contribution in [0, 0.1) is 17.2 Å². The van der Waals surface area contributed by atoms with E-state index in [1.807, 2.05) is 13.0 Å². The Morgan fingerprint density at radius 3 is 2.69 bits per heavy atom. The summed E-state index contributed by atoms with van der Waals surface area (Å²) in [4.78, 5) is 0. The zero-order chi connectivity index (χ0) is 12.2. The lowest BCUT2D eigenvalue weighted by molar-refractivity contribution is -0.186. The number of halogens is 3. The normalized spacial score (nSPS) is 31.1. The van der Waals surface area contributed by atoms with Gasteiger partial charge >= 0.3 is 6.18 Å². The number of nitrogens with zero attached hydrogens (tertiary/aromatic N) is 1. The van der Waals surface area contributed by atoms with Crippen LogP contribution in [0.4, 0.5) is 13.2 Å². The molecule has 16 heavy (non-hydrogen) atoms. The summed E-state index contributed by atoms with van der Waals surface area (Å²) in [6.07, 6.45) is -2.31. The molecule has 0 aliphatic heterocycles. The maximum Gasteiger partial charge on any atom is 0.391 e. The van der Waals surface area contributed by atoms with Crippen LogP contribution in [0.25, 0.3) is 0 Å². The smallest absolute Gasteiger partial charge is 0.299 e. The number of hydrogen-bond acceptors (Lipinski definition) is 2. The Balaban J connectivity index is 2.69. The van der Waals surface area contributed by atoms with Gasteiger partial charge in [-0.1, -0.05) is 6.92 Å². The summed E-state index contributed by atoms with van der Waals surface area (Å²) in [6.45, 7) is 2.53. The van der Waals surface area contributed by atoms with Crippen LogP contribution in [0.2, 0.25) is 0 Å². The van der Waals surface area contributed by atoms with Crippen molar-refractivity contribution >= 4 is 0 Å². The highest BCUT2D eigenvalue weighted by molar-refractivity contribution is 5.10. The van der Waals surface area contributed by atoms with E-state index < -0.39 is 17.6 Å². The van der Waals surface area contributed by atoms with E-state index in [-0.39, 0.29) is 12.8 Å². The third kappa shape index (κ3) is 3.11. The Morgan fingerprint density at radius 1 is 1.50 bits per heavy atom. The van der Waals surface area contributed by atoms with Crippen molar-refractivity contribution in [3.63, 3.8) is 0 Å².